The van der Waals surface area contributed by atoms with E-state index in [-0.39, 0.29) is 0 Å². The fourth-order valence-electron chi connectivity index (χ4n) is 2.34. The Labute approximate surface area is 128 Å². The van der Waals surface area contributed by atoms with Crippen molar-refractivity contribution in [2.45, 2.75) is 0 Å². The number of benzene rings is 1. The van der Waals surface area contributed by atoms with Crippen LogP contribution in [-0.4, -0.2) is 62.3 Å². The number of fused-ring (bicyclic) bond motifs is 1. The van der Waals surface area contributed by atoms with Crippen LogP contribution in [0.4, 0.5) is 5.13 Å². The van der Waals surface area contributed by atoms with E-state index < -0.39 is 10.2 Å². The minimum absolute atomic E-state index is 0.496. The van der Waals surface area contributed by atoms with Crippen LogP contribution in [0.5, 0.6) is 0 Å². The molecule has 0 amide bonds. The summed E-state index contributed by atoms with van der Waals surface area (Å²) in [7, 11) is -0.178. The summed E-state index contributed by atoms with van der Waals surface area (Å²) >= 11 is 1.66. The number of thiazole rings is 1. The number of nitrogens with zero attached hydrogens (tertiary/aromatic N) is 4. The maximum atomic E-state index is 12.1. The summed E-state index contributed by atoms with van der Waals surface area (Å²) in [5, 5.41) is 0.970. The molecule has 0 N–H and O–H groups in total. The Hall–Kier alpha value is -1.22. The zero-order valence-electron chi connectivity index (χ0n) is 12.1. The molecule has 1 fully saturated rings. The lowest BCUT2D eigenvalue weighted by atomic mass is 10.3. The van der Waals surface area contributed by atoms with E-state index in [0.717, 1.165) is 15.3 Å². The zero-order valence-corrected chi connectivity index (χ0v) is 13.7. The summed E-state index contributed by atoms with van der Waals surface area (Å²) in [5.74, 6) is 0. The number of para-hydroxylation sites is 1. The molecule has 1 aromatic heterocycles. The second-order valence-electron chi connectivity index (χ2n) is 5.14. The maximum Gasteiger partial charge on any atom is 0.281 e. The quantitative estimate of drug-likeness (QED) is 0.851. The highest BCUT2D eigenvalue weighted by atomic mass is 32.2. The molecular weight excluding hydrogens is 308 g/mol. The number of hydrogen-bond donors (Lipinski definition) is 0. The van der Waals surface area contributed by atoms with Crippen molar-refractivity contribution in [2.75, 3.05) is 45.2 Å². The molecule has 2 heterocycles. The standard InChI is InChI=1S/C13H18N4O2S2/c1-15(2)21(18,19)17-9-7-16(8-10-17)13-14-11-5-3-4-6-12(11)20-13/h3-6H,7-10H2,1-2H3. The number of rotatable bonds is 3. The van der Waals surface area contributed by atoms with Crippen molar-refractivity contribution >= 4 is 36.9 Å². The topological polar surface area (TPSA) is 56.8 Å². The molecule has 0 saturated carbocycles. The first-order chi connectivity index (χ1) is 9.98. The van der Waals surface area contributed by atoms with Crippen LogP contribution in [0.15, 0.2) is 24.3 Å². The van der Waals surface area contributed by atoms with E-state index in [4.69, 9.17) is 0 Å². The van der Waals surface area contributed by atoms with E-state index in [9.17, 15) is 8.42 Å². The van der Waals surface area contributed by atoms with Crippen LogP contribution in [0, 0.1) is 0 Å². The predicted molar refractivity (Wildman–Crippen MR) is 86.0 cm³/mol. The summed E-state index contributed by atoms with van der Waals surface area (Å²) in [6, 6.07) is 8.05. The molecule has 1 aliphatic rings. The molecule has 0 aliphatic carbocycles. The molecule has 114 valence electrons. The Balaban J connectivity index is 1.74. The monoisotopic (exact) mass is 326 g/mol. The van der Waals surface area contributed by atoms with Crippen molar-refractivity contribution in [2.24, 2.45) is 0 Å². The predicted octanol–water partition coefficient (Wildman–Crippen LogP) is 1.22. The molecule has 8 heteroatoms. The SMILES string of the molecule is CN(C)S(=O)(=O)N1CCN(c2nc3ccccc3s2)CC1. The van der Waals surface area contributed by atoms with Crippen molar-refractivity contribution < 1.29 is 8.42 Å². The zero-order chi connectivity index (χ0) is 15.0. The van der Waals surface area contributed by atoms with Crippen molar-refractivity contribution in [1.82, 2.24) is 13.6 Å². The van der Waals surface area contributed by atoms with E-state index in [1.807, 2.05) is 18.2 Å². The highest BCUT2D eigenvalue weighted by Gasteiger charge is 2.29. The van der Waals surface area contributed by atoms with Gasteiger partial charge in [0.15, 0.2) is 5.13 Å². The molecular formula is C13H18N4O2S2. The van der Waals surface area contributed by atoms with Crippen LogP contribution in [0.2, 0.25) is 0 Å². The third kappa shape index (κ3) is 2.76. The fourth-order valence-corrected chi connectivity index (χ4v) is 4.44. The second-order valence-corrected chi connectivity index (χ2v) is 8.29. The van der Waals surface area contributed by atoms with Gasteiger partial charge in [0, 0.05) is 40.3 Å². The molecule has 21 heavy (non-hydrogen) atoms. The molecule has 3 rings (SSSR count). The largest absolute Gasteiger partial charge is 0.345 e. The fraction of sp³-hybridized carbons (Fsp3) is 0.462. The normalized spacial score (nSPS) is 17.8. The average molecular weight is 326 g/mol. The minimum Gasteiger partial charge on any atom is -0.345 e. The Kier molecular flexibility index (Phi) is 3.87. The average Bonchev–Trinajstić information content (AvgIpc) is 2.91. The minimum atomic E-state index is -3.31. The molecule has 1 aliphatic heterocycles. The van der Waals surface area contributed by atoms with Crippen molar-refractivity contribution in [1.29, 1.82) is 0 Å². The number of anilines is 1. The summed E-state index contributed by atoms with van der Waals surface area (Å²) < 4.78 is 28.1. The Bertz CT molecular complexity index is 700. The number of piperazine rings is 1. The van der Waals surface area contributed by atoms with Gasteiger partial charge in [-0.3, -0.25) is 0 Å². The summed E-state index contributed by atoms with van der Waals surface area (Å²) in [6.45, 7) is 2.34. The van der Waals surface area contributed by atoms with E-state index >= 15 is 0 Å². The second kappa shape index (κ2) is 5.53. The van der Waals surface area contributed by atoms with Gasteiger partial charge in [0.2, 0.25) is 0 Å². The van der Waals surface area contributed by atoms with Gasteiger partial charge in [0.1, 0.15) is 0 Å². The van der Waals surface area contributed by atoms with Crippen LogP contribution >= 0.6 is 11.3 Å². The van der Waals surface area contributed by atoms with Gasteiger partial charge >= 0.3 is 0 Å². The van der Waals surface area contributed by atoms with Crippen LogP contribution < -0.4 is 4.90 Å². The Morgan fingerprint density at radius 3 is 2.43 bits per heavy atom. The van der Waals surface area contributed by atoms with Crippen LogP contribution in [-0.2, 0) is 10.2 Å². The molecule has 0 atom stereocenters. The van der Waals surface area contributed by atoms with Crippen molar-refractivity contribution in [3.05, 3.63) is 24.3 Å². The van der Waals surface area contributed by atoms with E-state index in [1.54, 1.807) is 25.4 Å². The van der Waals surface area contributed by atoms with Gasteiger partial charge in [-0.1, -0.05) is 23.5 Å². The van der Waals surface area contributed by atoms with E-state index in [0.29, 0.717) is 26.2 Å². The highest BCUT2D eigenvalue weighted by Crippen LogP contribution is 2.29. The first kappa shape index (κ1) is 14.7. The van der Waals surface area contributed by atoms with Gasteiger partial charge in [-0.2, -0.15) is 17.0 Å². The first-order valence-electron chi connectivity index (χ1n) is 6.76. The third-order valence-corrected chi connectivity index (χ3v) is 6.62. The first-order valence-corrected chi connectivity index (χ1v) is 8.98. The van der Waals surface area contributed by atoms with Gasteiger partial charge in [0.05, 0.1) is 10.2 Å². The van der Waals surface area contributed by atoms with Gasteiger partial charge in [-0.05, 0) is 12.1 Å². The van der Waals surface area contributed by atoms with Crippen molar-refractivity contribution in [3.8, 4) is 0 Å². The molecule has 0 spiro atoms. The molecule has 1 saturated heterocycles. The van der Waals surface area contributed by atoms with Gasteiger partial charge in [-0.15, -0.1) is 0 Å². The Morgan fingerprint density at radius 2 is 1.81 bits per heavy atom. The molecule has 2 aromatic rings. The molecule has 0 radical (unpaired) electrons. The lowest BCUT2D eigenvalue weighted by Gasteiger charge is -2.34. The van der Waals surface area contributed by atoms with Gasteiger partial charge in [-0.25, -0.2) is 4.98 Å². The maximum absolute atomic E-state index is 12.1. The summed E-state index contributed by atoms with van der Waals surface area (Å²) in [6.07, 6.45) is 0. The van der Waals surface area contributed by atoms with Crippen LogP contribution in [0.25, 0.3) is 10.2 Å². The smallest absolute Gasteiger partial charge is 0.281 e. The van der Waals surface area contributed by atoms with Crippen LogP contribution in [0.3, 0.4) is 0 Å². The Morgan fingerprint density at radius 1 is 1.14 bits per heavy atom. The van der Waals surface area contributed by atoms with E-state index in [2.05, 4.69) is 16.0 Å². The number of hydrogen-bond acceptors (Lipinski definition) is 5. The lowest BCUT2D eigenvalue weighted by Crippen LogP contribution is -2.51. The molecule has 0 unspecified atom stereocenters. The number of aromatic nitrogens is 1. The van der Waals surface area contributed by atoms with Crippen LogP contribution in [0.1, 0.15) is 0 Å². The van der Waals surface area contributed by atoms with Gasteiger partial charge in [0.25, 0.3) is 10.2 Å². The van der Waals surface area contributed by atoms with Crippen molar-refractivity contribution in [3.63, 3.8) is 0 Å². The lowest BCUT2D eigenvalue weighted by molar-refractivity contribution is 0.355. The van der Waals surface area contributed by atoms with E-state index in [1.165, 1.54) is 8.61 Å². The van der Waals surface area contributed by atoms with Gasteiger partial charge < -0.3 is 4.90 Å². The molecule has 6 nitrogen and oxygen atoms in total. The summed E-state index contributed by atoms with van der Waals surface area (Å²) in [5.41, 5.74) is 1.00. The highest BCUT2D eigenvalue weighted by molar-refractivity contribution is 7.86. The third-order valence-electron chi connectivity index (χ3n) is 3.58. The summed E-state index contributed by atoms with van der Waals surface area (Å²) in [4.78, 5) is 6.78. The molecule has 1 aromatic carbocycles. The molecule has 0 bridgehead atoms.